The van der Waals surface area contributed by atoms with Crippen LogP contribution >= 0.6 is 0 Å². The van der Waals surface area contributed by atoms with Crippen molar-refractivity contribution >= 4 is 5.84 Å². The van der Waals surface area contributed by atoms with Gasteiger partial charge in [0.25, 0.3) is 0 Å². The SMILES string of the molecule is CN(CC(N)=NO)C1CCOC2(CCOC2)C1. The standard InChI is InChI=1S/C11H21N3O3/c1-14(7-10(12)13-15)9-2-4-17-11(6-9)3-5-16-8-11/h9,15H,2-8H2,1H3,(H2,12,13). The second-order valence-electron chi connectivity index (χ2n) is 4.99. The van der Waals surface area contributed by atoms with Gasteiger partial charge in [0.15, 0.2) is 5.84 Å². The Morgan fingerprint density at radius 2 is 2.41 bits per heavy atom. The molecule has 98 valence electrons. The zero-order valence-corrected chi connectivity index (χ0v) is 10.3. The lowest BCUT2D eigenvalue weighted by Gasteiger charge is -2.40. The molecule has 2 saturated heterocycles. The quantitative estimate of drug-likeness (QED) is 0.316. The maximum atomic E-state index is 8.58. The molecule has 0 saturated carbocycles. The topological polar surface area (TPSA) is 80.3 Å². The third-order valence-electron chi connectivity index (χ3n) is 3.70. The fraction of sp³-hybridized carbons (Fsp3) is 0.909. The lowest BCUT2D eigenvalue weighted by atomic mass is 9.89. The van der Waals surface area contributed by atoms with E-state index in [0.717, 1.165) is 32.5 Å². The molecule has 6 heteroatoms. The number of hydrogen-bond acceptors (Lipinski definition) is 5. The second-order valence-corrected chi connectivity index (χ2v) is 4.99. The Hall–Kier alpha value is -0.850. The minimum Gasteiger partial charge on any atom is -0.409 e. The molecule has 2 aliphatic heterocycles. The number of oxime groups is 1. The molecule has 0 aromatic heterocycles. The third kappa shape index (κ3) is 2.88. The third-order valence-corrected chi connectivity index (χ3v) is 3.70. The van der Waals surface area contributed by atoms with Crippen molar-refractivity contribution in [2.75, 3.05) is 33.4 Å². The number of nitrogens with two attached hydrogens (primary N) is 1. The van der Waals surface area contributed by atoms with Crippen molar-refractivity contribution in [2.24, 2.45) is 10.9 Å². The summed E-state index contributed by atoms with van der Waals surface area (Å²) in [7, 11) is 2.00. The van der Waals surface area contributed by atoms with Gasteiger partial charge in [-0.2, -0.15) is 0 Å². The number of hydrogen-bond donors (Lipinski definition) is 2. The van der Waals surface area contributed by atoms with E-state index in [4.69, 9.17) is 20.4 Å². The molecule has 3 N–H and O–H groups in total. The first-order valence-corrected chi connectivity index (χ1v) is 6.03. The van der Waals surface area contributed by atoms with Crippen LogP contribution in [0.4, 0.5) is 0 Å². The van der Waals surface area contributed by atoms with E-state index in [2.05, 4.69) is 10.1 Å². The van der Waals surface area contributed by atoms with Crippen molar-refractivity contribution in [2.45, 2.75) is 30.9 Å². The van der Waals surface area contributed by atoms with Gasteiger partial charge in [-0.05, 0) is 19.9 Å². The maximum Gasteiger partial charge on any atom is 0.153 e. The van der Waals surface area contributed by atoms with Crippen LogP contribution in [0.3, 0.4) is 0 Å². The van der Waals surface area contributed by atoms with E-state index < -0.39 is 0 Å². The lowest BCUT2D eigenvalue weighted by molar-refractivity contribution is -0.102. The van der Waals surface area contributed by atoms with Crippen LogP contribution in [0.2, 0.25) is 0 Å². The monoisotopic (exact) mass is 243 g/mol. The first kappa shape index (κ1) is 12.6. The van der Waals surface area contributed by atoms with Gasteiger partial charge in [-0.25, -0.2) is 0 Å². The van der Waals surface area contributed by atoms with Gasteiger partial charge in [0.2, 0.25) is 0 Å². The van der Waals surface area contributed by atoms with Crippen LogP contribution in [-0.2, 0) is 9.47 Å². The average Bonchev–Trinajstić information content (AvgIpc) is 2.77. The van der Waals surface area contributed by atoms with E-state index in [1.165, 1.54) is 0 Å². The van der Waals surface area contributed by atoms with Crippen LogP contribution in [0.25, 0.3) is 0 Å². The molecule has 2 heterocycles. The fourth-order valence-corrected chi connectivity index (χ4v) is 2.66. The Morgan fingerprint density at radius 3 is 3.06 bits per heavy atom. The van der Waals surface area contributed by atoms with Crippen molar-refractivity contribution in [1.82, 2.24) is 4.90 Å². The first-order chi connectivity index (χ1) is 8.15. The molecule has 0 aromatic rings. The summed E-state index contributed by atoms with van der Waals surface area (Å²) < 4.78 is 11.3. The second kappa shape index (κ2) is 5.20. The average molecular weight is 243 g/mol. The van der Waals surface area contributed by atoms with Crippen LogP contribution in [0.5, 0.6) is 0 Å². The molecule has 2 aliphatic rings. The van der Waals surface area contributed by atoms with E-state index in [0.29, 0.717) is 19.2 Å². The van der Waals surface area contributed by atoms with Gasteiger partial charge in [0.05, 0.1) is 18.8 Å². The summed E-state index contributed by atoms with van der Waals surface area (Å²) >= 11 is 0. The van der Waals surface area contributed by atoms with E-state index in [1.54, 1.807) is 0 Å². The predicted molar refractivity (Wildman–Crippen MR) is 63.2 cm³/mol. The summed E-state index contributed by atoms with van der Waals surface area (Å²) in [6, 6.07) is 0.408. The van der Waals surface area contributed by atoms with Crippen molar-refractivity contribution in [3.63, 3.8) is 0 Å². The van der Waals surface area contributed by atoms with Gasteiger partial charge in [0.1, 0.15) is 0 Å². The van der Waals surface area contributed by atoms with Gasteiger partial charge in [0, 0.05) is 25.7 Å². The summed E-state index contributed by atoms with van der Waals surface area (Å²) in [4.78, 5) is 2.12. The Labute approximate surface area is 101 Å². The molecular formula is C11H21N3O3. The molecule has 0 radical (unpaired) electrons. The molecule has 2 atom stereocenters. The fourth-order valence-electron chi connectivity index (χ4n) is 2.66. The Morgan fingerprint density at radius 1 is 1.59 bits per heavy atom. The smallest absolute Gasteiger partial charge is 0.153 e. The van der Waals surface area contributed by atoms with Crippen molar-refractivity contribution in [1.29, 1.82) is 0 Å². The minimum absolute atomic E-state index is 0.0949. The summed E-state index contributed by atoms with van der Waals surface area (Å²) in [6.45, 7) is 2.73. The highest BCUT2D eigenvalue weighted by molar-refractivity contribution is 5.81. The molecule has 2 unspecified atom stereocenters. The summed E-state index contributed by atoms with van der Waals surface area (Å²) in [6.07, 6.45) is 2.92. The molecule has 2 rings (SSSR count). The van der Waals surface area contributed by atoms with Crippen LogP contribution < -0.4 is 5.73 Å². The summed E-state index contributed by atoms with van der Waals surface area (Å²) in [5.41, 5.74) is 5.43. The lowest BCUT2D eigenvalue weighted by Crippen LogP contribution is -2.49. The molecule has 0 aliphatic carbocycles. The zero-order valence-electron chi connectivity index (χ0n) is 10.3. The molecule has 2 fully saturated rings. The highest BCUT2D eigenvalue weighted by Gasteiger charge is 2.41. The first-order valence-electron chi connectivity index (χ1n) is 6.03. The largest absolute Gasteiger partial charge is 0.409 e. The van der Waals surface area contributed by atoms with Crippen LogP contribution in [0, 0.1) is 0 Å². The Kier molecular flexibility index (Phi) is 3.86. The number of rotatable bonds is 3. The van der Waals surface area contributed by atoms with E-state index >= 15 is 0 Å². The normalized spacial score (nSPS) is 34.7. The molecule has 0 amide bonds. The van der Waals surface area contributed by atoms with E-state index in [1.807, 2.05) is 7.05 Å². The minimum atomic E-state index is -0.0949. The van der Waals surface area contributed by atoms with E-state index in [9.17, 15) is 0 Å². The van der Waals surface area contributed by atoms with Gasteiger partial charge in [-0.3, -0.25) is 4.90 Å². The number of likely N-dealkylation sites (N-methyl/N-ethyl adjacent to an activating group) is 1. The van der Waals surface area contributed by atoms with Gasteiger partial charge < -0.3 is 20.4 Å². The zero-order chi connectivity index (χ0) is 12.3. The number of amidine groups is 1. The van der Waals surface area contributed by atoms with Crippen LogP contribution in [0.15, 0.2) is 5.16 Å². The highest BCUT2D eigenvalue weighted by Crippen LogP contribution is 2.34. The summed E-state index contributed by atoms with van der Waals surface area (Å²) in [5, 5.41) is 11.6. The maximum absolute atomic E-state index is 8.58. The van der Waals surface area contributed by atoms with Gasteiger partial charge >= 0.3 is 0 Å². The molecule has 17 heavy (non-hydrogen) atoms. The molecule has 0 bridgehead atoms. The number of ether oxygens (including phenoxy) is 2. The van der Waals surface area contributed by atoms with E-state index in [-0.39, 0.29) is 11.4 Å². The van der Waals surface area contributed by atoms with Crippen molar-refractivity contribution in [3.05, 3.63) is 0 Å². The molecule has 6 nitrogen and oxygen atoms in total. The van der Waals surface area contributed by atoms with Crippen molar-refractivity contribution < 1.29 is 14.7 Å². The number of nitrogens with zero attached hydrogens (tertiary/aromatic N) is 2. The van der Waals surface area contributed by atoms with Gasteiger partial charge in [-0.15, -0.1) is 0 Å². The molecule has 1 spiro atoms. The Bertz CT molecular complexity index is 290. The highest BCUT2D eigenvalue weighted by atomic mass is 16.6. The van der Waals surface area contributed by atoms with Crippen LogP contribution in [0.1, 0.15) is 19.3 Å². The van der Waals surface area contributed by atoms with Crippen molar-refractivity contribution in [3.8, 4) is 0 Å². The molecule has 0 aromatic carbocycles. The van der Waals surface area contributed by atoms with Gasteiger partial charge in [-0.1, -0.05) is 5.16 Å². The predicted octanol–water partition coefficient (Wildman–Crippen LogP) is 0.00270. The molecular weight excluding hydrogens is 222 g/mol. The summed E-state index contributed by atoms with van der Waals surface area (Å²) in [5.74, 6) is 0.246. The Balaban J connectivity index is 1.92. The van der Waals surface area contributed by atoms with Crippen LogP contribution in [-0.4, -0.2) is 61.0 Å².